The van der Waals surface area contributed by atoms with Gasteiger partial charge in [-0.05, 0) is 11.8 Å². The Morgan fingerprint density at radius 2 is 2.07 bits per heavy atom. The molecule has 0 fully saturated rings. The summed E-state index contributed by atoms with van der Waals surface area (Å²) in [4.78, 5) is 4.30. The minimum absolute atomic E-state index is 0.809. The third-order valence-corrected chi connectivity index (χ3v) is 3.34. The van der Waals surface area contributed by atoms with Crippen molar-refractivity contribution in [3.8, 4) is 0 Å². The summed E-state index contributed by atoms with van der Waals surface area (Å²) in [6.07, 6.45) is 1.98. The first-order valence-corrected chi connectivity index (χ1v) is 6.72. The van der Waals surface area contributed by atoms with E-state index in [1.165, 1.54) is 5.56 Å². The van der Waals surface area contributed by atoms with E-state index < -0.39 is 0 Å². The average Bonchev–Trinajstić information content (AvgIpc) is 2.76. The SMILES string of the molecule is CSc1nc(SCc2ccccc2)n[nH]1. The highest BCUT2D eigenvalue weighted by atomic mass is 32.2. The van der Waals surface area contributed by atoms with Crippen molar-refractivity contribution >= 4 is 23.5 Å². The summed E-state index contributed by atoms with van der Waals surface area (Å²) >= 11 is 3.21. The maximum absolute atomic E-state index is 4.30. The zero-order valence-electron chi connectivity index (χ0n) is 8.30. The molecule has 2 aromatic rings. The van der Waals surface area contributed by atoms with Crippen LogP contribution in [0.15, 0.2) is 40.6 Å². The molecule has 3 nitrogen and oxygen atoms in total. The zero-order chi connectivity index (χ0) is 10.5. The second kappa shape index (κ2) is 5.23. The van der Waals surface area contributed by atoms with Crippen molar-refractivity contribution < 1.29 is 0 Å². The molecule has 0 saturated carbocycles. The van der Waals surface area contributed by atoms with E-state index in [1.54, 1.807) is 23.5 Å². The monoisotopic (exact) mass is 237 g/mol. The van der Waals surface area contributed by atoms with Gasteiger partial charge >= 0.3 is 0 Å². The first-order chi connectivity index (χ1) is 7.38. The second-order valence-electron chi connectivity index (χ2n) is 2.90. The van der Waals surface area contributed by atoms with Gasteiger partial charge in [0.1, 0.15) is 0 Å². The predicted octanol–water partition coefficient (Wildman–Crippen LogP) is 2.82. The lowest BCUT2D eigenvalue weighted by Gasteiger charge is -1.96. The number of rotatable bonds is 4. The summed E-state index contributed by atoms with van der Waals surface area (Å²) in [7, 11) is 0. The van der Waals surface area contributed by atoms with Crippen molar-refractivity contribution in [2.45, 2.75) is 16.1 Å². The lowest BCUT2D eigenvalue weighted by atomic mass is 10.2. The topological polar surface area (TPSA) is 41.6 Å². The molecular weight excluding hydrogens is 226 g/mol. The maximum Gasteiger partial charge on any atom is 0.209 e. The predicted molar refractivity (Wildman–Crippen MR) is 64.2 cm³/mol. The Morgan fingerprint density at radius 1 is 1.27 bits per heavy atom. The number of nitrogens with one attached hydrogen (secondary N) is 1. The highest BCUT2D eigenvalue weighted by molar-refractivity contribution is 7.99. The summed E-state index contributed by atoms with van der Waals surface area (Å²) in [5.41, 5.74) is 1.29. The van der Waals surface area contributed by atoms with Crippen LogP contribution in [0.4, 0.5) is 0 Å². The lowest BCUT2D eigenvalue weighted by molar-refractivity contribution is 0.955. The fourth-order valence-corrected chi connectivity index (χ4v) is 2.24. The largest absolute Gasteiger partial charge is 0.253 e. The van der Waals surface area contributed by atoms with Gasteiger partial charge in [-0.15, -0.1) is 5.10 Å². The normalized spacial score (nSPS) is 10.5. The molecule has 1 aromatic carbocycles. The molecule has 0 aliphatic heterocycles. The van der Waals surface area contributed by atoms with Crippen LogP contribution in [-0.4, -0.2) is 21.4 Å². The van der Waals surface area contributed by atoms with Crippen LogP contribution in [0.2, 0.25) is 0 Å². The van der Waals surface area contributed by atoms with Crippen LogP contribution in [0.1, 0.15) is 5.56 Å². The molecule has 78 valence electrons. The molecule has 0 aliphatic carbocycles. The molecule has 0 radical (unpaired) electrons. The third-order valence-electron chi connectivity index (χ3n) is 1.85. The molecule has 1 heterocycles. The van der Waals surface area contributed by atoms with Crippen LogP contribution in [0.25, 0.3) is 0 Å². The molecule has 0 amide bonds. The van der Waals surface area contributed by atoms with Crippen molar-refractivity contribution in [1.29, 1.82) is 0 Å². The number of aromatic amines is 1. The summed E-state index contributed by atoms with van der Waals surface area (Å²) in [5, 5.41) is 8.66. The number of benzene rings is 1. The van der Waals surface area contributed by atoms with Gasteiger partial charge in [0.25, 0.3) is 0 Å². The maximum atomic E-state index is 4.30. The Hall–Kier alpha value is -0.940. The molecule has 1 N–H and O–H groups in total. The van der Waals surface area contributed by atoms with E-state index in [2.05, 4.69) is 27.3 Å². The Labute approximate surface area is 97.1 Å². The van der Waals surface area contributed by atoms with Gasteiger partial charge in [-0.3, -0.25) is 5.10 Å². The molecule has 0 saturated heterocycles. The van der Waals surface area contributed by atoms with E-state index in [0.29, 0.717) is 0 Å². The fraction of sp³-hybridized carbons (Fsp3) is 0.200. The van der Waals surface area contributed by atoms with Crippen molar-refractivity contribution in [3.63, 3.8) is 0 Å². The first kappa shape index (κ1) is 10.6. The summed E-state index contributed by atoms with van der Waals surface area (Å²) in [6, 6.07) is 10.3. The number of hydrogen-bond donors (Lipinski definition) is 1. The Balaban J connectivity index is 1.93. The van der Waals surface area contributed by atoms with Gasteiger partial charge in [0.15, 0.2) is 5.16 Å². The van der Waals surface area contributed by atoms with Gasteiger partial charge in [0.05, 0.1) is 0 Å². The summed E-state index contributed by atoms with van der Waals surface area (Å²) in [5.74, 6) is 0.909. The molecule has 2 rings (SSSR count). The highest BCUT2D eigenvalue weighted by Gasteiger charge is 2.02. The molecule has 0 unspecified atom stereocenters. The fourth-order valence-electron chi connectivity index (χ4n) is 1.11. The van der Waals surface area contributed by atoms with E-state index in [9.17, 15) is 0 Å². The van der Waals surface area contributed by atoms with Gasteiger partial charge in [-0.25, -0.2) is 0 Å². The van der Waals surface area contributed by atoms with Gasteiger partial charge in [0, 0.05) is 5.75 Å². The third kappa shape index (κ3) is 3.00. The van der Waals surface area contributed by atoms with Crippen molar-refractivity contribution in [2.24, 2.45) is 0 Å². The molecule has 0 spiro atoms. The van der Waals surface area contributed by atoms with E-state index in [1.807, 2.05) is 24.5 Å². The van der Waals surface area contributed by atoms with Crippen LogP contribution >= 0.6 is 23.5 Å². The van der Waals surface area contributed by atoms with E-state index >= 15 is 0 Å². The molecule has 1 aromatic heterocycles. The molecular formula is C10H11N3S2. The Morgan fingerprint density at radius 3 is 2.73 bits per heavy atom. The Bertz CT molecular complexity index is 414. The summed E-state index contributed by atoms with van der Waals surface area (Å²) < 4.78 is 0. The van der Waals surface area contributed by atoms with Crippen LogP contribution in [-0.2, 0) is 5.75 Å². The quantitative estimate of drug-likeness (QED) is 0.830. The van der Waals surface area contributed by atoms with Crippen molar-refractivity contribution in [1.82, 2.24) is 15.2 Å². The number of nitrogens with zero attached hydrogens (tertiary/aromatic N) is 2. The molecule has 15 heavy (non-hydrogen) atoms. The molecule has 0 aliphatic rings. The smallest absolute Gasteiger partial charge is 0.209 e. The number of thioether (sulfide) groups is 2. The standard InChI is InChI=1S/C10H11N3S2/c1-14-9-11-10(13-12-9)15-7-8-5-3-2-4-6-8/h2-6H,7H2,1H3,(H,11,12,13). The molecule has 5 heteroatoms. The van der Waals surface area contributed by atoms with Crippen LogP contribution < -0.4 is 0 Å². The van der Waals surface area contributed by atoms with Gasteiger partial charge in [0.2, 0.25) is 5.16 Å². The van der Waals surface area contributed by atoms with Gasteiger partial charge in [-0.2, -0.15) is 4.98 Å². The van der Waals surface area contributed by atoms with Crippen LogP contribution in [0.3, 0.4) is 0 Å². The zero-order valence-corrected chi connectivity index (χ0v) is 9.94. The molecule has 0 atom stereocenters. The Kier molecular flexibility index (Phi) is 3.69. The van der Waals surface area contributed by atoms with Gasteiger partial charge < -0.3 is 0 Å². The van der Waals surface area contributed by atoms with E-state index in [0.717, 1.165) is 16.1 Å². The van der Waals surface area contributed by atoms with Crippen molar-refractivity contribution in [3.05, 3.63) is 35.9 Å². The molecule has 0 bridgehead atoms. The number of hydrogen-bond acceptors (Lipinski definition) is 4. The second-order valence-corrected chi connectivity index (χ2v) is 4.64. The minimum atomic E-state index is 0.809. The van der Waals surface area contributed by atoms with E-state index in [4.69, 9.17) is 0 Å². The minimum Gasteiger partial charge on any atom is -0.253 e. The number of H-pyrrole nitrogens is 1. The van der Waals surface area contributed by atoms with Crippen molar-refractivity contribution in [2.75, 3.05) is 6.26 Å². The summed E-state index contributed by atoms with van der Waals surface area (Å²) in [6.45, 7) is 0. The average molecular weight is 237 g/mol. The van der Waals surface area contributed by atoms with Crippen LogP contribution in [0, 0.1) is 0 Å². The number of aromatic nitrogens is 3. The van der Waals surface area contributed by atoms with E-state index in [-0.39, 0.29) is 0 Å². The highest BCUT2D eigenvalue weighted by Crippen LogP contribution is 2.20. The lowest BCUT2D eigenvalue weighted by Crippen LogP contribution is -1.80. The van der Waals surface area contributed by atoms with Gasteiger partial charge in [-0.1, -0.05) is 53.9 Å². The van der Waals surface area contributed by atoms with Crippen LogP contribution in [0.5, 0.6) is 0 Å². The first-order valence-electron chi connectivity index (χ1n) is 4.51.